The van der Waals surface area contributed by atoms with Crippen LogP contribution in [0, 0.1) is 0 Å². The van der Waals surface area contributed by atoms with Gasteiger partial charge in [0.25, 0.3) is 0 Å². The van der Waals surface area contributed by atoms with Crippen LogP contribution >= 0.6 is 0 Å². The first kappa shape index (κ1) is 13.2. The molecule has 0 spiro atoms. The SMILES string of the molecule is COC[C@@H](C=O)NC(=O)OCc1ccccc1. The molecule has 0 aliphatic heterocycles. The summed E-state index contributed by atoms with van der Waals surface area (Å²) in [6, 6.07) is 8.61. The third-order valence-corrected chi connectivity index (χ3v) is 2.03. The molecule has 1 rings (SSSR count). The molecule has 0 radical (unpaired) electrons. The van der Waals surface area contributed by atoms with E-state index < -0.39 is 12.1 Å². The maximum atomic E-state index is 11.3. The number of rotatable bonds is 6. The summed E-state index contributed by atoms with van der Waals surface area (Å²) in [6.07, 6.45) is -0.0317. The van der Waals surface area contributed by atoms with Crippen LogP contribution in [-0.4, -0.2) is 32.1 Å². The van der Waals surface area contributed by atoms with E-state index in [1.165, 1.54) is 7.11 Å². The molecule has 1 amide bonds. The first-order valence-corrected chi connectivity index (χ1v) is 5.17. The van der Waals surface area contributed by atoms with Gasteiger partial charge >= 0.3 is 6.09 Å². The average Bonchev–Trinajstić information content (AvgIpc) is 2.37. The number of aldehydes is 1. The van der Waals surface area contributed by atoms with Crippen LogP contribution in [0.5, 0.6) is 0 Å². The Hall–Kier alpha value is -1.88. The van der Waals surface area contributed by atoms with Gasteiger partial charge in [-0.25, -0.2) is 4.79 Å². The molecule has 0 saturated carbocycles. The topological polar surface area (TPSA) is 64.6 Å². The zero-order chi connectivity index (χ0) is 12.5. The van der Waals surface area contributed by atoms with Gasteiger partial charge in [0.2, 0.25) is 0 Å². The number of hydrogen-bond donors (Lipinski definition) is 1. The van der Waals surface area contributed by atoms with E-state index in [4.69, 9.17) is 9.47 Å². The molecule has 1 aromatic carbocycles. The smallest absolute Gasteiger partial charge is 0.408 e. The molecule has 1 aromatic rings. The van der Waals surface area contributed by atoms with E-state index in [1.54, 1.807) is 0 Å². The molecular formula is C12H15NO4. The summed E-state index contributed by atoms with van der Waals surface area (Å²) >= 11 is 0. The molecular weight excluding hydrogens is 222 g/mol. The van der Waals surface area contributed by atoms with Crippen LogP contribution in [-0.2, 0) is 20.9 Å². The van der Waals surface area contributed by atoms with E-state index in [0.717, 1.165) is 5.56 Å². The minimum Gasteiger partial charge on any atom is -0.445 e. The van der Waals surface area contributed by atoms with Gasteiger partial charge < -0.3 is 19.6 Å². The molecule has 0 saturated heterocycles. The zero-order valence-electron chi connectivity index (χ0n) is 9.59. The molecule has 0 heterocycles. The molecule has 17 heavy (non-hydrogen) atoms. The highest BCUT2D eigenvalue weighted by atomic mass is 16.5. The van der Waals surface area contributed by atoms with E-state index in [-0.39, 0.29) is 13.2 Å². The van der Waals surface area contributed by atoms with Gasteiger partial charge in [-0.1, -0.05) is 30.3 Å². The van der Waals surface area contributed by atoms with Crippen molar-refractivity contribution < 1.29 is 19.1 Å². The number of nitrogens with one attached hydrogen (secondary N) is 1. The highest BCUT2D eigenvalue weighted by Gasteiger charge is 2.11. The molecule has 92 valence electrons. The number of amides is 1. The lowest BCUT2D eigenvalue weighted by Gasteiger charge is -2.11. The van der Waals surface area contributed by atoms with Crippen LogP contribution in [0.4, 0.5) is 4.79 Å². The predicted molar refractivity (Wildman–Crippen MR) is 61.5 cm³/mol. The average molecular weight is 237 g/mol. The number of benzene rings is 1. The molecule has 0 aliphatic rings. The lowest BCUT2D eigenvalue weighted by atomic mass is 10.2. The van der Waals surface area contributed by atoms with Crippen LogP contribution in [0.3, 0.4) is 0 Å². The Morgan fingerprint density at radius 3 is 2.71 bits per heavy atom. The number of hydrogen-bond acceptors (Lipinski definition) is 4. The van der Waals surface area contributed by atoms with Gasteiger partial charge in [0.05, 0.1) is 6.61 Å². The maximum absolute atomic E-state index is 11.3. The summed E-state index contributed by atoms with van der Waals surface area (Å²) in [6.45, 7) is 0.301. The quantitative estimate of drug-likeness (QED) is 0.753. The molecule has 5 heteroatoms. The summed E-state index contributed by atoms with van der Waals surface area (Å²) < 4.78 is 9.70. The van der Waals surface area contributed by atoms with Crippen molar-refractivity contribution in [3.05, 3.63) is 35.9 Å². The molecule has 0 aliphatic carbocycles. The molecule has 0 fully saturated rings. The molecule has 1 N–H and O–H groups in total. The molecule has 5 nitrogen and oxygen atoms in total. The first-order valence-electron chi connectivity index (χ1n) is 5.17. The van der Waals surface area contributed by atoms with Crippen molar-refractivity contribution >= 4 is 12.4 Å². The first-order chi connectivity index (χ1) is 8.26. The van der Waals surface area contributed by atoms with Gasteiger partial charge in [-0.3, -0.25) is 0 Å². The third-order valence-electron chi connectivity index (χ3n) is 2.03. The summed E-state index contributed by atoms with van der Waals surface area (Å²) in [5, 5.41) is 2.38. The Morgan fingerprint density at radius 1 is 1.41 bits per heavy atom. The summed E-state index contributed by atoms with van der Waals surface area (Å²) in [5.74, 6) is 0. The second-order valence-corrected chi connectivity index (χ2v) is 3.40. The van der Waals surface area contributed by atoms with E-state index in [1.807, 2.05) is 30.3 Å². The van der Waals surface area contributed by atoms with E-state index in [2.05, 4.69) is 5.32 Å². The van der Waals surface area contributed by atoms with Gasteiger partial charge in [-0.2, -0.15) is 0 Å². The van der Waals surface area contributed by atoms with Crippen LogP contribution in [0.2, 0.25) is 0 Å². The second-order valence-electron chi connectivity index (χ2n) is 3.40. The Balaban J connectivity index is 2.32. The Bertz CT molecular complexity index is 353. The van der Waals surface area contributed by atoms with Crippen molar-refractivity contribution in [3.8, 4) is 0 Å². The highest BCUT2D eigenvalue weighted by Crippen LogP contribution is 2.00. The minimum absolute atomic E-state index is 0.129. The summed E-state index contributed by atoms with van der Waals surface area (Å²) in [5.41, 5.74) is 0.886. The molecule has 0 aromatic heterocycles. The minimum atomic E-state index is -0.678. The number of carbonyl (C=O) groups is 2. The molecule has 0 unspecified atom stereocenters. The van der Waals surface area contributed by atoms with Gasteiger partial charge in [-0.15, -0.1) is 0 Å². The fourth-order valence-electron chi connectivity index (χ4n) is 1.21. The van der Waals surface area contributed by atoms with Gasteiger partial charge in [-0.05, 0) is 5.56 Å². The van der Waals surface area contributed by atoms with Crippen LogP contribution in [0.25, 0.3) is 0 Å². The van der Waals surface area contributed by atoms with Crippen LogP contribution in [0.1, 0.15) is 5.56 Å². The monoisotopic (exact) mass is 237 g/mol. The van der Waals surface area contributed by atoms with Crippen LogP contribution < -0.4 is 5.32 Å². The lowest BCUT2D eigenvalue weighted by molar-refractivity contribution is -0.110. The lowest BCUT2D eigenvalue weighted by Crippen LogP contribution is -2.39. The van der Waals surface area contributed by atoms with E-state index >= 15 is 0 Å². The van der Waals surface area contributed by atoms with Crippen LogP contribution in [0.15, 0.2) is 30.3 Å². The van der Waals surface area contributed by atoms with Gasteiger partial charge in [0.15, 0.2) is 0 Å². The zero-order valence-corrected chi connectivity index (χ0v) is 9.59. The summed E-state index contributed by atoms with van der Waals surface area (Å²) in [4.78, 5) is 21.9. The number of alkyl carbamates (subject to hydrolysis) is 1. The van der Waals surface area contributed by atoms with Gasteiger partial charge in [0.1, 0.15) is 18.9 Å². The normalized spacial score (nSPS) is 11.6. The third kappa shape index (κ3) is 5.12. The van der Waals surface area contributed by atoms with E-state index in [9.17, 15) is 9.59 Å². The fraction of sp³-hybridized carbons (Fsp3) is 0.333. The van der Waals surface area contributed by atoms with Crippen molar-refractivity contribution in [2.24, 2.45) is 0 Å². The number of ether oxygens (including phenoxy) is 2. The molecule has 1 atom stereocenters. The molecule has 0 bridgehead atoms. The Morgan fingerprint density at radius 2 is 2.12 bits per heavy atom. The van der Waals surface area contributed by atoms with E-state index in [0.29, 0.717) is 6.29 Å². The number of methoxy groups -OCH3 is 1. The second kappa shape index (κ2) is 7.40. The standard InChI is InChI=1S/C12H15NO4/c1-16-9-11(7-14)13-12(15)17-8-10-5-3-2-4-6-10/h2-7,11H,8-9H2,1H3,(H,13,15)/t11-/m1/s1. The largest absolute Gasteiger partial charge is 0.445 e. The van der Waals surface area contributed by atoms with Crippen molar-refractivity contribution in [1.29, 1.82) is 0 Å². The fourth-order valence-corrected chi connectivity index (χ4v) is 1.21. The highest BCUT2D eigenvalue weighted by molar-refractivity contribution is 5.73. The van der Waals surface area contributed by atoms with Crippen molar-refractivity contribution in [2.45, 2.75) is 12.6 Å². The summed E-state index contributed by atoms with van der Waals surface area (Å²) in [7, 11) is 1.45. The van der Waals surface area contributed by atoms with Crippen molar-refractivity contribution in [2.75, 3.05) is 13.7 Å². The van der Waals surface area contributed by atoms with Crippen molar-refractivity contribution in [3.63, 3.8) is 0 Å². The number of carbonyl (C=O) groups excluding carboxylic acids is 2. The maximum Gasteiger partial charge on any atom is 0.408 e. The van der Waals surface area contributed by atoms with Gasteiger partial charge in [0, 0.05) is 7.11 Å². The predicted octanol–water partition coefficient (Wildman–Crippen LogP) is 1.13. The van der Waals surface area contributed by atoms with Crippen molar-refractivity contribution in [1.82, 2.24) is 5.32 Å². The Labute approximate surface area is 99.7 Å². The Kier molecular flexibility index (Phi) is 5.74.